The lowest BCUT2D eigenvalue weighted by molar-refractivity contribution is 0.0146. The first-order chi connectivity index (χ1) is 24.3. The van der Waals surface area contributed by atoms with Crippen molar-refractivity contribution in [3.63, 3.8) is 0 Å². The van der Waals surface area contributed by atoms with E-state index in [4.69, 9.17) is 32.6 Å². The summed E-state index contributed by atoms with van der Waals surface area (Å²) in [7, 11) is 0. The Morgan fingerprint density at radius 1 is 0.922 bits per heavy atom. The predicted molar refractivity (Wildman–Crippen MR) is 203 cm³/mol. The number of hydrogen-bond donors (Lipinski definition) is 0. The number of carbonyl (C=O) groups excluding carboxylic acids is 1. The van der Waals surface area contributed by atoms with E-state index in [1.807, 2.05) is 62.2 Å². The SMILES string of the molecule is [C-]#[N+]c1cc(Cl)cc(C(C)(C)c2ccc(OCc3ccnc(N4CCC5(CCN(CC6CCN(C(=O)OC(C)(C)C)CC6)CC5)CC4)n3)cc2)c1. The molecule has 1 aromatic heterocycles. The van der Waals surface area contributed by atoms with Crippen LogP contribution < -0.4 is 9.64 Å². The Hall–Kier alpha value is -3.87. The molecule has 0 unspecified atom stereocenters. The van der Waals surface area contributed by atoms with Crippen molar-refractivity contribution < 1.29 is 14.3 Å². The molecule has 9 nitrogen and oxygen atoms in total. The summed E-state index contributed by atoms with van der Waals surface area (Å²) in [6.07, 6.45) is 8.65. The lowest BCUT2D eigenvalue weighted by Gasteiger charge is -2.47. The van der Waals surface area contributed by atoms with Crippen molar-refractivity contribution in [1.82, 2.24) is 19.8 Å². The lowest BCUT2D eigenvalue weighted by Crippen LogP contribution is -2.49. The van der Waals surface area contributed by atoms with Gasteiger partial charge in [-0.1, -0.05) is 43.6 Å². The first-order valence-corrected chi connectivity index (χ1v) is 18.9. The third-order valence-corrected chi connectivity index (χ3v) is 11.4. The van der Waals surface area contributed by atoms with Gasteiger partial charge in [0.2, 0.25) is 5.95 Å². The van der Waals surface area contributed by atoms with Gasteiger partial charge in [-0.2, -0.15) is 0 Å². The van der Waals surface area contributed by atoms with Crippen LogP contribution in [0.2, 0.25) is 5.02 Å². The molecule has 2 aromatic carbocycles. The van der Waals surface area contributed by atoms with Crippen LogP contribution in [-0.2, 0) is 16.8 Å². The Morgan fingerprint density at radius 3 is 2.24 bits per heavy atom. The molecule has 3 fully saturated rings. The number of rotatable bonds is 8. The van der Waals surface area contributed by atoms with Gasteiger partial charge in [0.25, 0.3) is 0 Å². The van der Waals surface area contributed by atoms with E-state index in [0.717, 1.165) is 87.2 Å². The molecule has 10 heteroatoms. The van der Waals surface area contributed by atoms with Crippen LogP contribution in [0.3, 0.4) is 0 Å². The summed E-state index contributed by atoms with van der Waals surface area (Å²) in [6, 6.07) is 15.6. The van der Waals surface area contributed by atoms with Gasteiger partial charge in [0, 0.05) is 49.4 Å². The largest absolute Gasteiger partial charge is 0.487 e. The van der Waals surface area contributed by atoms with E-state index in [1.165, 1.54) is 25.7 Å². The first kappa shape index (κ1) is 36.9. The summed E-state index contributed by atoms with van der Waals surface area (Å²) in [4.78, 5) is 32.4. The van der Waals surface area contributed by atoms with E-state index in [9.17, 15) is 4.79 Å². The van der Waals surface area contributed by atoms with Crippen molar-refractivity contribution in [1.29, 1.82) is 0 Å². The van der Waals surface area contributed by atoms with Gasteiger partial charge in [-0.15, -0.1) is 0 Å². The maximum Gasteiger partial charge on any atom is 0.410 e. The number of likely N-dealkylation sites (tertiary alicyclic amines) is 2. The maximum absolute atomic E-state index is 12.5. The molecular formula is C41H53ClN6O3. The number of carbonyl (C=O) groups is 1. The first-order valence-electron chi connectivity index (χ1n) is 18.5. The van der Waals surface area contributed by atoms with Crippen LogP contribution in [0.5, 0.6) is 5.75 Å². The molecule has 0 bridgehead atoms. The number of piperidine rings is 3. The Balaban J connectivity index is 0.945. The molecule has 0 aliphatic carbocycles. The molecule has 1 spiro atoms. The molecule has 3 aliphatic heterocycles. The number of aromatic nitrogens is 2. The third-order valence-electron chi connectivity index (χ3n) is 11.2. The van der Waals surface area contributed by atoms with Crippen molar-refractivity contribution in [2.24, 2.45) is 11.3 Å². The zero-order valence-corrected chi connectivity index (χ0v) is 31.7. The number of halogens is 1. The van der Waals surface area contributed by atoms with E-state index < -0.39 is 5.60 Å². The van der Waals surface area contributed by atoms with E-state index in [2.05, 4.69) is 45.6 Å². The van der Waals surface area contributed by atoms with Crippen LogP contribution >= 0.6 is 11.6 Å². The molecule has 0 N–H and O–H groups in total. The van der Waals surface area contributed by atoms with Crippen molar-refractivity contribution in [2.45, 2.75) is 90.8 Å². The van der Waals surface area contributed by atoms with E-state index in [0.29, 0.717) is 28.6 Å². The monoisotopic (exact) mass is 712 g/mol. The third kappa shape index (κ3) is 9.33. The highest BCUT2D eigenvalue weighted by Gasteiger charge is 2.39. The molecule has 3 saturated heterocycles. The Bertz CT molecular complexity index is 1690. The van der Waals surface area contributed by atoms with Crippen molar-refractivity contribution in [3.05, 3.63) is 88.0 Å². The molecule has 51 heavy (non-hydrogen) atoms. The predicted octanol–water partition coefficient (Wildman–Crippen LogP) is 8.92. The summed E-state index contributed by atoms with van der Waals surface area (Å²) in [5, 5.41) is 0.572. The van der Waals surface area contributed by atoms with Crippen molar-refractivity contribution in [2.75, 3.05) is 50.7 Å². The second-order valence-corrected chi connectivity index (χ2v) is 16.7. The van der Waals surface area contributed by atoms with Gasteiger partial charge in [-0.25, -0.2) is 19.6 Å². The van der Waals surface area contributed by atoms with E-state index in [-0.39, 0.29) is 11.5 Å². The molecular weight excluding hydrogens is 660 g/mol. The topological polar surface area (TPSA) is 75.4 Å². The van der Waals surface area contributed by atoms with Crippen LogP contribution in [0.25, 0.3) is 4.85 Å². The number of nitrogens with zero attached hydrogens (tertiary/aromatic N) is 6. The highest BCUT2D eigenvalue weighted by atomic mass is 35.5. The summed E-state index contributed by atoms with van der Waals surface area (Å²) < 4.78 is 11.7. The Morgan fingerprint density at radius 2 is 1.59 bits per heavy atom. The fourth-order valence-electron chi connectivity index (χ4n) is 7.79. The van der Waals surface area contributed by atoms with Crippen LogP contribution in [0, 0.1) is 17.9 Å². The second-order valence-electron chi connectivity index (χ2n) is 16.3. The van der Waals surface area contributed by atoms with Gasteiger partial charge in [-0.3, -0.25) is 0 Å². The van der Waals surface area contributed by atoms with Gasteiger partial charge in [0.15, 0.2) is 5.69 Å². The Kier molecular flexibility index (Phi) is 11.1. The number of anilines is 1. The number of amides is 1. The van der Waals surface area contributed by atoms with Gasteiger partial charge < -0.3 is 24.2 Å². The van der Waals surface area contributed by atoms with Gasteiger partial charge >= 0.3 is 6.09 Å². The van der Waals surface area contributed by atoms with E-state index >= 15 is 0 Å². The van der Waals surface area contributed by atoms with E-state index in [1.54, 1.807) is 6.07 Å². The van der Waals surface area contributed by atoms with Crippen LogP contribution in [0.15, 0.2) is 54.7 Å². The van der Waals surface area contributed by atoms with Gasteiger partial charge in [0.05, 0.1) is 12.3 Å². The average molecular weight is 713 g/mol. The smallest absolute Gasteiger partial charge is 0.410 e. The summed E-state index contributed by atoms with van der Waals surface area (Å²) in [5.41, 5.74) is 3.17. The van der Waals surface area contributed by atoms with Crippen LogP contribution in [0.4, 0.5) is 16.4 Å². The standard InChI is InChI=1S/C41H53ClN6O3/c1-39(2,3)51-38(49)48-19-12-30(13-20-48)28-46-21-14-41(15-22-46)16-23-47(24-17-41)37-44-18-11-34(45-37)29-50-36-9-7-31(8-10-36)40(4,5)32-25-33(42)27-35(26-32)43-6/h7-11,18,25-27,30H,12-17,19-24,28-29H2,1-5H3. The summed E-state index contributed by atoms with van der Waals surface area (Å²) in [6.45, 7) is 24.8. The minimum Gasteiger partial charge on any atom is -0.487 e. The summed E-state index contributed by atoms with van der Waals surface area (Å²) >= 11 is 6.31. The molecule has 3 aromatic rings. The molecule has 1 amide bonds. The minimum atomic E-state index is -0.444. The number of hydrogen-bond acceptors (Lipinski definition) is 7. The van der Waals surface area contributed by atoms with Crippen LogP contribution in [-0.4, -0.2) is 77.3 Å². The highest BCUT2D eigenvalue weighted by Crippen LogP contribution is 2.42. The molecule has 4 heterocycles. The minimum absolute atomic E-state index is 0.173. The Labute approximate surface area is 309 Å². The zero-order valence-electron chi connectivity index (χ0n) is 31.0. The lowest BCUT2D eigenvalue weighted by atomic mass is 9.71. The van der Waals surface area contributed by atoms with Crippen molar-refractivity contribution >= 4 is 29.3 Å². The quantitative estimate of drug-likeness (QED) is 0.216. The summed E-state index contributed by atoms with van der Waals surface area (Å²) in [5.74, 6) is 2.22. The highest BCUT2D eigenvalue weighted by molar-refractivity contribution is 6.31. The maximum atomic E-state index is 12.5. The fourth-order valence-corrected chi connectivity index (χ4v) is 8.02. The van der Waals surface area contributed by atoms with Crippen LogP contribution in [0.1, 0.15) is 90.0 Å². The molecule has 0 saturated carbocycles. The number of benzene rings is 2. The zero-order chi connectivity index (χ0) is 36.2. The molecule has 3 aliphatic rings. The van der Waals surface area contributed by atoms with Gasteiger partial charge in [-0.05, 0) is 125 Å². The molecule has 0 radical (unpaired) electrons. The molecule has 0 atom stereocenters. The van der Waals surface area contributed by atoms with Gasteiger partial charge in [0.1, 0.15) is 18.0 Å². The van der Waals surface area contributed by atoms with Crippen molar-refractivity contribution in [3.8, 4) is 5.75 Å². The number of ether oxygens (including phenoxy) is 2. The average Bonchev–Trinajstić information content (AvgIpc) is 3.12. The fraction of sp³-hybridized carbons (Fsp3) is 0.561. The normalized spacial score (nSPS) is 18.8. The molecule has 6 rings (SSSR count). The second kappa shape index (κ2) is 15.4. The molecule has 272 valence electrons.